The van der Waals surface area contributed by atoms with Crippen molar-refractivity contribution < 1.29 is 8.22 Å². The first-order valence-corrected chi connectivity index (χ1v) is 44.0. The molecule has 0 N–H and O–H groups in total. The highest BCUT2D eigenvalue weighted by Crippen LogP contribution is 2.56. The Balaban J connectivity index is 1.02. The van der Waals surface area contributed by atoms with Gasteiger partial charge in [0.05, 0.1) is 22.4 Å². The molecule has 0 unspecified atom stereocenters. The molecule has 2 aliphatic rings. The molecule has 119 heavy (non-hydrogen) atoms. The van der Waals surface area contributed by atoms with Crippen molar-refractivity contribution in [2.24, 2.45) is 0 Å². The van der Waals surface area contributed by atoms with E-state index >= 15 is 0 Å². The van der Waals surface area contributed by atoms with Gasteiger partial charge in [-0.1, -0.05) is 379 Å². The van der Waals surface area contributed by atoms with Crippen LogP contribution in [0.1, 0.15) is 125 Å². The minimum Gasteiger partial charge on any atom is -0.310 e. The summed E-state index contributed by atoms with van der Waals surface area (Å²) in [4.78, 5) is 5.31. The molecule has 3 nitrogen and oxygen atoms in total. The van der Waals surface area contributed by atoms with Gasteiger partial charge < -0.3 is 14.4 Å². The van der Waals surface area contributed by atoms with E-state index in [4.69, 9.17) is 8.22 Å². The van der Waals surface area contributed by atoms with Crippen LogP contribution in [-0.4, -0.2) is 19.4 Å². The zero-order valence-electron chi connectivity index (χ0n) is 76.1. The first-order chi connectivity index (χ1) is 59.8. The van der Waals surface area contributed by atoms with E-state index in [0.29, 0.717) is 10.8 Å². The highest BCUT2D eigenvalue weighted by atomic mass is 28.3. The van der Waals surface area contributed by atoms with Gasteiger partial charge in [0, 0.05) is 69.7 Å². The van der Waals surface area contributed by atoms with Gasteiger partial charge in [-0.25, -0.2) is 0 Å². The predicted octanol–water partition coefficient (Wildman–Crippen LogP) is 26.1. The van der Waals surface area contributed by atoms with Gasteiger partial charge in [0.15, 0.2) is 8.07 Å². The highest BCUT2D eigenvalue weighted by Gasteiger charge is 2.47. The quantitative estimate of drug-likeness (QED) is 0.0842. The molecule has 0 amide bonds. The summed E-state index contributed by atoms with van der Waals surface area (Å²) in [5, 5.41) is 6.44. The van der Waals surface area contributed by atoms with Crippen LogP contribution in [0.4, 0.5) is 34.1 Å². The molecule has 19 rings (SSSR count). The fourth-order valence-corrected chi connectivity index (χ4v) is 23.7. The van der Waals surface area contributed by atoms with Crippen molar-refractivity contribution in [1.29, 1.82) is 0 Å². The van der Waals surface area contributed by atoms with E-state index in [0.717, 1.165) is 134 Å². The number of fused-ring (bicyclic) bond motifs is 7. The van der Waals surface area contributed by atoms with E-state index in [2.05, 4.69) is 425 Å². The summed E-state index contributed by atoms with van der Waals surface area (Å²) in [7, 11) is -3.08. The number of hydrogen-bond donors (Lipinski definition) is 0. The van der Waals surface area contributed by atoms with Crippen LogP contribution in [0.15, 0.2) is 364 Å². The Hall–Kier alpha value is -12.8. The Bertz CT molecular complexity index is 6700. The zero-order chi connectivity index (χ0) is 87.0. The molecule has 16 aromatic carbocycles. The lowest BCUT2D eigenvalue weighted by Gasteiger charge is -2.46. The molecule has 3 heterocycles. The van der Waals surface area contributed by atoms with Gasteiger partial charge in [-0.05, 0) is 218 Å². The summed E-state index contributed by atoms with van der Waals surface area (Å²) in [6, 6.07) is 135. The molecule has 0 saturated carbocycles. The topological polar surface area (TPSA) is 11.4 Å². The van der Waals surface area contributed by atoms with Crippen molar-refractivity contribution in [3.63, 3.8) is 0 Å². The van der Waals surface area contributed by atoms with Crippen molar-refractivity contribution >= 4 is 108 Å². The maximum atomic E-state index is 8.81. The molecule has 0 atom stereocenters. The van der Waals surface area contributed by atoms with Crippen molar-refractivity contribution in [2.45, 2.75) is 118 Å². The lowest BCUT2D eigenvalue weighted by atomic mass is 9.33. The fourth-order valence-electron chi connectivity index (χ4n) is 18.9. The Kier molecular flexibility index (Phi) is 17.1. The van der Waals surface area contributed by atoms with Gasteiger partial charge >= 0.3 is 0 Å². The van der Waals surface area contributed by atoms with E-state index in [1.54, 1.807) is 24.3 Å². The van der Waals surface area contributed by atoms with E-state index in [-0.39, 0.29) is 32.8 Å². The third kappa shape index (κ3) is 13.4. The molecule has 0 spiro atoms. The van der Waals surface area contributed by atoms with Gasteiger partial charge in [-0.3, -0.25) is 0 Å². The summed E-state index contributed by atoms with van der Waals surface area (Å²) in [5.74, 6) is 0. The van der Waals surface area contributed by atoms with Crippen molar-refractivity contribution in [1.82, 2.24) is 4.57 Å². The third-order valence-corrected chi connectivity index (χ3v) is 29.8. The first-order valence-electron chi connectivity index (χ1n) is 45.0. The monoisotopic (exact) mass is 1560 g/mol. The molecule has 2 aliphatic heterocycles. The Labute approximate surface area is 714 Å². The molecule has 0 fully saturated rings. The molecule has 17 aromatic rings. The SMILES string of the molecule is [2H]C([2H])([2H])c1ccc2c(c1)c1cc(C([2H])([2H])[2H])ccc1n2-c1ccc2c(c1)N(c1c(-c3ccccc3)cc(C(C)(C)C)cc1-c1ccccc1)c1cc(-c3cc(C(C)(C)C)cc(C(C)(C)C)c3)cc3c1B2c1cc(-c2cccc([Si](c4ccccc4)(c4ccccc4)c4ccccc4)c2)ccc1N3c1c(-c2ccccc2)cc(C(C)(C)C)cc1-c1ccccc1. The van der Waals surface area contributed by atoms with Crippen LogP contribution in [0.25, 0.3) is 94.3 Å². The summed E-state index contributed by atoms with van der Waals surface area (Å²) >= 11 is 0. The molecule has 1 aromatic heterocycles. The number of rotatable bonds is 13. The maximum Gasteiger partial charge on any atom is 0.252 e. The molecular formula is C114H102BN3Si. The van der Waals surface area contributed by atoms with E-state index in [9.17, 15) is 0 Å². The Morgan fingerprint density at radius 3 is 1.03 bits per heavy atom. The largest absolute Gasteiger partial charge is 0.310 e. The molecule has 0 saturated heterocycles. The van der Waals surface area contributed by atoms with Crippen molar-refractivity contribution in [3.05, 3.63) is 397 Å². The van der Waals surface area contributed by atoms with E-state index in [1.807, 2.05) is 12.1 Å². The van der Waals surface area contributed by atoms with Gasteiger partial charge in [-0.2, -0.15) is 0 Å². The van der Waals surface area contributed by atoms with Crippen LogP contribution in [0.3, 0.4) is 0 Å². The Morgan fingerprint density at radius 2 is 0.622 bits per heavy atom. The molecule has 5 heteroatoms. The summed E-state index contributed by atoms with van der Waals surface area (Å²) in [6.07, 6.45) is 0. The fraction of sp³-hybridized carbons (Fsp3) is 0.158. The summed E-state index contributed by atoms with van der Waals surface area (Å²) in [6.45, 7) is 22.6. The number of nitrogens with zero attached hydrogens (tertiary/aromatic N) is 3. The number of aromatic nitrogens is 1. The van der Waals surface area contributed by atoms with E-state index in [1.165, 1.54) is 43.0 Å². The Morgan fingerprint density at radius 1 is 0.261 bits per heavy atom. The highest BCUT2D eigenvalue weighted by molar-refractivity contribution is 7.20. The average molecular weight is 1560 g/mol. The standard InChI is InChI=1S/C114H102BN3Si/c1-75-53-58-102-98(61-75)99-62-76(2)54-59-103(99)116(102)89-56-57-100-105(74-89)118(110-96(79-41-26-17-27-42-79)72-88(114(12,13)14)73-97(110)80-43-28-18-29-44-80)107-68-84(83-63-85(111(3,4)5)69-86(64-83)112(6,7)8)67-106-108(107)115(100)101-66-82(81-45-36-52-93(65-81)119(90-46-30-19-31-47-90,91-48-32-20-33-49-91)92-50-34-21-35-51-92)55-60-104(101)117(106)109-94(77-37-22-15-23-38-77)70-87(113(9,10)11)71-95(109)78-39-24-16-25-40-78/h15-74H,1-14H3/i1D3,2D3. The van der Waals surface area contributed by atoms with Crippen LogP contribution in [0.5, 0.6) is 0 Å². The lowest BCUT2D eigenvalue weighted by Crippen LogP contribution is -2.74. The molecule has 580 valence electrons. The number of benzene rings is 16. The van der Waals surface area contributed by atoms with Gasteiger partial charge in [0.25, 0.3) is 6.71 Å². The normalized spacial score (nSPS) is 13.9. The predicted molar refractivity (Wildman–Crippen MR) is 515 cm³/mol. The second-order valence-corrected chi connectivity index (χ2v) is 40.7. The minimum atomic E-state index is -3.08. The third-order valence-electron chi connectivity index (χ3n) is 25.1. The number of aryl methyl sites for hydroxylation is 2. The second-order valence-electron chi connectivity index (χ2n) is 36.9. The lowest BCUT2D eigenvalue weighted by molar-refractivity contribution is 0.569. The van der Waals surface area contributed by atoms with Gasteiger partial charge in [-0.15, -0.1) is 0 Å². The number of hydrogen-bond acceptors (Lipinski definition) is 2. The molecule has 0 bridgehead atoms. The molecular weight excluding hydrogens is 1450 g/mol. The zero-order valence-corrected chi connectivity index (χ0v) is 71.1. The van der Waals surface area contributed by atoms with Crippen LogP contribution >= 0.6 is 0 Å². The maximum absolute atomic E-state index is 8.81. The first kappa shape index (κ1) is 69.3. The minimum absolute atomic E-state index is 0.171. The summed E-state index contributed by atoms with van der Waals surface area (Å²) in [5.41, 5.74) is 28.7. The molecule has 0 aliphatic carbocycles. The van der Waals surface area contributed by atoms with Gasteiger partial charge in [0.2, 0.25) is 0 Å². The van der Waals surface area contributed by atoms with Crippen LogP contribution in [0.2, 0.25) is 0 Å². The van der Waals surface area contributed by atoms with Crippen molar-refractivity contribution in [3.8, 4) is 72.4 Å². The average Bonchev–Trinajstić information content (AvgIpc) is 0.889. The van der Waals surface area contributed by atoms with E-state index < -0.39 is 28.5 Å². The van der Waals surface area contributed by atoms with Crippen LogP contribution < -0.4 is 46.9 Å². The molecule has 0 radical (unpaired) electrons. The second kappa shape index (κ2) is 29.4. The number of anilines is 6. The summed E-state index contributed by atoms with van der Waals surface area (Å²) < 4.78 is 55.1. The van der Waals surface area contributed by atoms with Gasteiger partial charge in [0.1, 0.15) is 0 Å². The smallest absolute Gasteiger partial charge is 0.252 e. The van der Waals surface area contributed by atoms with Crippen LogP contribution in [0, 0.1) is 13.7 Å². The van der Waals surface area contributed by atoms with Crippen LogP contribution in [-0.2, 0) is 21.7 Å². The van der Waals surface area contributed by atoms with Crippen molar-refractivity contribution in [2.75, 3.05) is 9.80 Å².